The van der Waals surface area contributed by atoms with Crippen LogP contribution in [-0.4, -0.2) is 9.97 Å². The van der Waals surface area contributed by atoms with Gasteiger partial charge < -0.3 is 4.42 Å². The lowest BCUT2D eigenvalue weighted by Crippen LogP contribution is -2.14. The third kappa shape index (κ3) is 0.914. The summed E-state index contributed by atoms with van der Waals surface area (Å²) in [5, 5.41) is 0.275. The number of aromatic nitrogens is 2. The molecule has 0 saturated heterocycles. The third-order valence-electron chi connectivity index (χ3n) is 1.43. The molecule has 1 N–H and O–H groups in total. The second-order valence-electron chi connectivity index (χ2n) is 2.20. The van der Waals surface area contributed by atoms with Crippen LogP contribution in [0.25, 0.3) is 11.0 Å². The van der Waals surface area contributed by atoms with Crippen LogP contribution in [-0.2, 0) is 0 Å². The number of rotatable bonds is 0. The summed E-state index contributed by atoms with van der Waals surface area (Å²) in [6.07, 6.45) is 1.48. The number of nitrogens with zero attached hydrogens (tertiary/aromatic N) is 1. The number of pyridine rings is 1. The zero-order chi connectivity index (χ0) is 8.55. The predicted octanol–water partition coefficient (Wildman–Crippen LogP) is -0.124. The molecule has 12 heavy (non-hydrogen) atoms. The van der Waals surface area contributed by atoms with E-state index in [2.05, 4.69) is 14.4 Å². The Morgan fingerprint density at radius 3 is 3.08 bits per heavy atom. The molecule has 2 rings (SSSR count). The first-order valence-electron chi connectivity index (χ1n) is 3.25. The smallest absolute Gasteiger partial charge is 0.372 e. The van der Waals surface area contributed by atoms with Crippen molar-refractivity contribution in [3.05, 3.63) is 39.3 Å². The first-order chi connectivity index (χ1) is 5.77. The Labute approximate surface area is 65.7 Å². The van der Waals surface area contributed by atoms with Crippen molar-refractivity contribution in [2.24, 2.45) is 0 Å². The van der Waals surface area contributed by atoms with Crippen LogP contribution in [0.5, 0.6) is 0 Å². The van der Waals surface area contributed by atoms with Crippen LogP contribution >= 0.6 is 0 Å². The molecule has 2 aromatic rings. The maximum Gasteiger partial charge on any atom is 0.420 e. The molecule has 0 aliphatic heterocycles. The highest BCUT2D eigenvalue weighted by atomic mass is 16.4. The molecule has 0 unspecified atom stereocenters. The first kappa shape index (κ1) is 6.78. The first-order valence-corrected chi connectivity index (χ1v) is 3.25. The molecule has 2 heterocycles. The van der Waals surface area contributed by atoms with Gasteiger partial charge in [0.1, 0.15) is 11.0 Å². The fourth-order valence-electron chi connectivity index (χ4n) is 0.931. The number of H-pyrrole nitrogens is 1. The van der Waals surface area contributed by atoms with Crippen LogP contribution in [0.2, 0.25) is 0 Å². The summed E-state index contributed by atoms with van der Waals surface area (Å²) in [5.74, 6) is -0.786. The minimum absolute atomic E-state index is 0.249. The zero-order valence-corrected chi connectivity index (χ0v) is 5.90. The molecule has 0 fully saturated rings. The average Bonchev–Trinajstić information content (AvgIpc) is 2.04. The van der Waals surface area contributed by atoms with Crippen molar-refractivity contribution < 1.29 is 4.42 Å². The van der Waals surface area contributed by atoms with E-state index in [1.165, 1.54) is 12.3 Å². The van der Waals surface area contributed by atoms with Crippen LogP contribution in [0.4, 0.5) is 0 Å². The van der Waals surface area contributed by atoms with Gasteiger partial charge >= 0.3 is 11.4 Å². The Balaban J connectivity index is 3.09. The molecule has 5 nitrogen and oxygen atoms in total. The fourth-order valence-corrected chi connectivity index (χ4v) is 0.931. The molecule has 0 aliphatic rings. The van der Waals surface area contributed by atoms with Gasteiger partial charge in [0.05, 0.1) is 0 Å². The van der Waals surface area contributed by atoms with Gasteiger partial charge in [-0.3, -0.25) is 4.98 Å². The van der Waals surface area contributed by atoms with E-state index < -0.39 is 11.4 Å². The molecule has 0 bridgehead atoms. The molecule has 60 valence electrons. The van der Waals surface area contributed by atoms with Gasteiger partial charge in [-0.25, -0.2) is 14.6 Å². The van der Waals surface area contributed by atoms with E-state index in [-0.39, 0.29) is 11.0 Å². The number of nitrogens with one attached hydrogen (secondary N) is 1. The van der Waals surface area contributed by atoms with E-state index in [1.807, 2.05) is 0 Å². The molecule has 5 heteroatoms. The predicted molar refractivity (Wildman–Crippen MR) is 40.9 cm³/mol. The monoisotopic (exact) mass is 164 g/mol. The van der Waals surface area contributed by atoms with Crippen LogP contribution in [0, 0.1) is 0 Å². The summed E-state index contributed by atoms with van der Waals surface area (Å²) in [7, 11) is 0. The maximum atomic E-state index is 11.0. The second-order valence-corrected chi connectivity index (χ2v) is 2.20. The van der Waals surface area contributed by atoms with Gasteiger partial charge in [0.15, 0.2) is 0 Å². The van der Waals surface area contributed by atoms with Gasteiger partial charge in [-0.05, 0) is 12.1 Å². The van der Waals surface area contributed by atoms with Gasteiger partial charge in [-0.1, -0.05) is 0 Å². The summed E-state index contributed by atoms with van der Waals surface area (Å²) in [6, 6.07) is 3.13. The van der Waals surface area contributed by atoms with Crippen molar-refractivity contribution in [1.82, 2.24) is 9.97 Å². The lowest BCUT2D eigenvalue weighted by molar-refractivity contribution is 0.459. The number of hydrogen-bond donors (Lipinski definition) is 1. The highest BCUT2D eigenvalue weighted by molar-refractivity contribution is 5.71. The summed E-state index contributed by atoms with van der Waals surface area (Å²) in [4.78, 5) is 27.7. The highest BCUT2D eigenvalue weighted by Crippen LogP contribution is 1.97. The normalized spacial score (nSPS) is 10.3. The van der Waals surface area contributed by atoms with Crippen molar-refractivity contribution in [3.63, 3.8) is 0 Å². The number of aromatic amines is 1. The summed E-state index contributed by atoms with van der Waals surface area (Å²) < 4.78 is 4.28. The van der Waals surface area contributed by atoms with Crippen molar-refractivity contribution in [2.45, 2.75) is 0 Å². The quantitative estimate of drug-likeness (QED) is 0.588. The van der Waals surface area contributed by atoms with Crippen molar-refractivity contribution in [3.8, 4) is 0 Å². The summed E-state index contributed by atoms with van der Waals surface area (Å²) in [5.41, 5.74) is -0.416. The zero-order valence-electron chi connectivity index (χ0n) is 5.90. The van der Waals surface area contributed by atoms with E-state index in [0.717, 1.165) is 0 Å². The Morgan fingerprint density at radius 1 is 1.42 bits per heavy atom. The van der Waals surface area contributed by atoms with Crippen LogP contribution in [0.1, 0.15) is 0 Å². The molecule has 0 amide bonds. The molecule has 2 aromatic heterocycles. The van der Waals surface area contributed by atoms with Crippen molar-refractivity contribution in [2.75, 3.05) is 0 Å². The van der Waals surface area contributed by atoms with Crippen molar-refractivity contribution >= 4 is 11.0 Å². The SMILES string of the molecule is O=c1[nH]c2ncccc2c(=O)o1. The van der Waals surface area contributed by atoms with Gasteiger partial charge in [0, 0.05) is 6.20 Å². The van der Waals surface area contributed by atoms with Gasteiger partial charge in [0.25, 0.3) is 0 Å². The van der Waals surface area contributed by atoms with Gasteiger partial charge in [0.2, 0.25) is 0 Å². The number of fused-ring (bicyclic) bond motifs is 1. The summed E-state index contributed by atoms with van der Waals surface area (Å²) >= 11 is 0. The topological polar surface area (TPSA) is 76.0 Å². The Hall–Kier alpha value is -1.91. The van der Waals surface area contributed by atoms with Crippen LogP contribution in [0.15, 0.2) is 32.3 Å². The average molecular weight is 164 g/mol. The molecule has 0 saturated carbocycles. The molecule has 0 aromatic carbocycles. The molecule has 0 aliphatic carbocycles. The minimum Gasteiger partial charge on any atom is -0.372 e. The van der Waals surface area contributed by atoms with E-state index >= 15 is 0 Å². The summed E-state index contributed by atoms with van der Waals surface area (Å²) in [6.45, 7) is 0. The van der Waals surface area contributed by atoms with E-state index in [1.54, 1.807) is 6.07 Å². The van der Waals surface area contributed by atoms with Gasteiger partial charge in [-0.2, -0.15) is 0 Å². The van der Waals surface area contributed by atoms with E-state index in [0.29, 0.717) is 0 Å². The molecular formula is C7H4N2O3. The molecular weight excluding hydrogens is 160 g/mol. The fraction of sp³-hybridized carbons (Fsp3) is 0. The lowest BCUT2D eigenvalue weighted by atomic mass is 10.3. The second kappa shape index (κ2) is 2.30. The Kier molecular flexibility index (Phi) is 1.30. The lowest BCUT2D eigenvalue weighted by Gasteiger charge is -1.90. The molecule has 0 atom stereocenters. The Bertz CT molecular complexity index is 526. The largest absolute Gasteiger partial charge is 0.420 e. The molecule has 0 spiro atoms. The third-order valence-corrected chi connectivity index (χ3v) is 1.43. The van der Waals surface area contributed by atoms with E-state index in [9.17, 15) is 9.59 Å². The van der Waals surface area contributed by atoms with E-state index in [4.69, 9.17) is 0 Å². The van der Waals surface area contributed by atoms with Crippen LogP contribution < -0.4 is 11.4 Å². The number of hydrogen-bond acceptors (Lipinski definition) is 4. The minimum atomic E-state index is -0.786. The Morgan fingerprint density at radius 2 is 2.25 bits per heavy atom. The maximum absolute atomic E-state index is 11.0. The molecule has 0 radical (unpaired) electrons. The van der Waals surface area contributed by atoms with Crippen LogP contribution in [0.3, 0.4) is 0 Å². The van der Waals surface area contributed by atoms with Gasteiger partial charge in [-0.15, -0.1) is 0 Å². The highest BCUT2D eigenvalue weighted by Gasteiger charge is 2.00. The van der Waals surface area contributed by atoms with Crippen molar-refractivity contribution in [1.29, 1.82) is 0 Å². The standard InChI is InChI=1S/C7H4N2O3/c10-6-4-2-1-3-8-5(4)9-7(11)12-6/h1-3H,(H,8,9,11).